The smallest absolute Gasteiger partial charge is 0.284 e. The normalized spacial score (nSPS) is 11.0. The number of hydrogen-bond acceptors (Lipinski definition) is 4. The van der Waals surface area contributed by atoms with E-state index < -0.39 is 11.5 Å². The summed E-state index contributed by atoms with van der Waals surface area (Å²) in [6.45, 7) is 3.44. The molecule has 0 spiro atoms. The van der Waals surface area contributed by atoms with Crippen molar-refractivity contribution in [2.24, 2.45) is 10.8 Å². The Morgan fingerprint density at radius 1 is 1.22 bits per heavy atom. The van der Waals surface area contributed by atoms with E-state index >= 15 is 0 Å². The molecule has 0 radical (unpaired) electrons. The first-order valence-electron chi connectivity index (χ1n) is 7.16. The van der Waals surface area contributed by atoms with Crippen molar-refractivity contribution in [1.29, 1.82) is 0 Å². The molecule has 0 saturated carbocycles. The first kappa shape index (κ1) is 16.5. The SMILES string of the molecule is Cc1cc(C)n(/N=C\c2ccc(N(C)C)cc2)c(=O)c1C(N)=O. The van der Waals surface area contributed by atoms with Crippen molar-refractivity contribution in [2.45, 2.75) is 13.8 Å². The Bertz CT molecular complexity index is 818. The number of hydrogen-bond donors (Lipinski definition) is 1. The van der Waals surface area contributed by atoms with Crippen LogP contribution in [0.5, 0.6) is 0 Å². The van der Waals surface area contributed by atoms with Gasteiger partial charge in [0.05, 0.1) is 6.21 Å². The van der Waals surface area contributed by atoms with Crippen LogP contribution >= 0.6 is 0 Å². The van der Waals surface area contributed by atoms with E-state index in [0.29, 0.717) is 11.3 Å². The molecule has 6 nitrogen and oxygen atoms in total. The number of pyridine rings is 1. The van der Waals surface area contributed by atoms with Crippen LogP contribution in [-0.2, 0) is 0 Å². The van der Waals surface area contributed by atoms with Crippen LogP contribution in [0.15, 0.2) is 40.2 Å². The zero-order valence-corrected chi connectivity index (χ0v) is 13.7. The quantitative estimate of drug-likeness (QED) is 0.869. The third kappa shape index (κ3) is 3.48. The Kier molecular flexibility index (Phi) is 4.64. The minimum atomic E-state index is -0.744. The summed E-state index contributed by atoms with van der Waals surface area (Å²) in [5.74, 6) is -0.744. The van der Waals surface area contributed by atoms with Gasteiger partial charge in [-0.1, -0.05) is 12.1 Å². The molecular weight excluding hydrogens is 292 g/mol. The molecule has 0 aliphatic carbocycles. The second-order valence-electron chi connectivity index (χ2n) is 5.56. The zero-order chi connectivity index (χ0) is 17.1. The van der Waals surface area contributed by atoms with Gasteiger partial charge in [-0.2, -0.15) is 5.10 Å². The summed E-state index contributed by atoms with van der Waals surface area (Å²) in [7, 11) is 3.92. The van der Waals surface area contributed by atoms with E-state index in [-0.39, 0.29) is 5.56 Å². The third-order valence-corrected chi connectivity index (χ3v) is 3.54. The van der Waals surface area contributed by atoms with Gasteiger partial charge in [-0.3, -0.25) is 9.59 Å². The number of benzene rings is 1. The monoisotopic (exact) mass is 312 g/mol. The molecule has 2 N–H and O–H groups in total. The molecular formula is C17H20N4O2. The molecule has 1 amide bonds. The highest BCUT2D eigenvalue weighted by Crippen LogP contribution is 2.11. The maximum Gasteiger partial charge on any atom is 0.284 e. The molecule has 0 atom stereocenters. The summed E-state index contributed by atoms with van der Waals surface area (Å²) < 4.78 is 1.19. The van der Waals surface area contributed by atoms with Gasteiger partial charge in [-0.05, 0) is 43.2 Å². The number of amides is 1. The molecule has 0 fully saturated rings. The highest BCUT2D eigenvalue weighted by Gasteiger charge is 2.14. The van der Waals surface area contributed by atoms with Crippen molar-refractivity contribution in [3.8, 4) is 0 Å². The average Bonchev–Trinajstić information content (AvgIpc) is 2.46. The van der Waals surface area contributed by atoms with Crippen molar-refractivity contribution in [2.75, 3.05) is 19.0 Å². The first-order chi connectivity index (χ1) is 10.8. The van der Waals surface area contributed by atoms with Crippen LogP contribution in [0.1, 0.15) is 27.2 Å². The minimum absolute atomic E-state index is 0.0318. The van der Waals surface area contributed by atoms with E-state index in [0.717, 1.165) is 11.3 Å². The molecule has 2 aromatic rings. The van der Waals surface area contributed by atoms with Gasteiger partial charge in [0.15, 0.2) is 0 Å². The van der Waals surface area contributed by atoms with Crippen LogP contribution in [0.25, 0.3) is 0 Å². The van der Waals surface area contributed by atoms with Gasteiger partial charge < -0.3 is 10.6 Å². The summed E-state index contributed by atoms with van der Waals surface area (Å²) in [5, 5.41) is 4.19. The van der Waals surface area contributed by atoms with Crippen molar-refractivity contribution >= 4 is 17.8 Å². The molecule has 0 bridgehead atoms. The van der Waals surface area contributed by atoms with Crippen LogP contribution in [0.2, 0.25) is 0 Å². The van der Waals surface area contributed by atoms with E-state index in [9.17, 15) is 9.59 Å². The minimum Gasteiger partial charge on any atom is -0.378 e. The molecule has 1 heterocycles. The number of carbonyl (C=O) groups is 1. The Balaban J connectivity index is 2.41. The van der Waals surface area contributed by atoms with Gasteiger partial charge in [-0.15, -0.1) is 0 Å². The number of aromatic nitrogens is 1. The maximum atomic E-state index is 12.4. The molecule has 23 heavy (non-hydrogen) atoms. The summed E-state index contributed by atoms with van der Waals surface area (Å²) in [5.41, 5.74) is 7.86. The molecule has 2 rings (SSSR count). The number of rotatable bonds is 4. The number of primary amides is 1. The molecule has 1 aromatic heterocycles. The van der Waals surface area contributed by atoms with Crippen LogP contribution in [-0.4, -0.2) is 30.9 Å². The summed E-state index contributed by atoms with van der Waals surface area (Å²) in [6.07, 6.45) is 1.58. The van der Waals surface area contributed by atoms with Gasteiger partial charge in [-0.25, -0.2) is 4.68 Å². The highest BCUT2D eigenvalue weighted by atomic mass is 16.2. The molecule has 0 aliphatic heterocycles. The Hall–Kier alpha value is -2.89. The van der Waals surface area contributed by atoms with E-state index in [2.05, 4.69) is 5.10 Å². The van der Waals surface area contributed by atoms with Gasteiger partial charge >= 0.3 is 0 Å². The van der Waals surface area contributed by atoms with E-state index in [4.69, 9.17) is 5.73 Å². The lowest BCUT2D eigenvalue weighted by Gasteiger charge is -2.11. The Labute approximate surface area is 134 Å². The van der Waals surface area contributed by atoms with E-state index in [1.165, 1.54) is 4.68 Å². The van der Waals surface area contributed by atoms with Crippen molar-refractivity contribution < 1.29 is 4.79 Å². The van der Waals surface area contributed by atoms with Crippen LogP contribution < -0.4 is 16.2 Å². The summed E-state index contributed by atoms with van der Waals surface area (Å²) in [4.78, 5) is 25.8. The lowest BCUT2D eigenvalue weighted by molar-refractivity contribution is 0.0997. The molecule has 0 unspecified atom stereocenters. The van der Waals surface area contributed by atoms with Crippen molar-refractivity contribution in [3.63, 3.8) is 0 Å². The summed E-state index contributed by atoms with van der Waals surface area (Å²) >= 11 is 0. The number of anilines is 1. The topological polar surface area (TPSA) is 80.7 Å². The molecule has 1 aromatic carbocycles. The van der Waals surface area contributed by atoms with Gasteiger partial charge in [0.25, 0.3) is 11.5 Å². The Morgan fingerprint density at radius 2 is 1.83 bits per heavy atom. The molecule has 0 saturated heterocycles. The average molecular weight is 312 g/mol. The fourth-order valence-electron chi connectivity index (χ4n) is 2.31. The van der Waals surface area contributed by atoms with Gasteiger partial charge in [0.1, 0.15) is 5.56 Å². The van der Waals surface area contributed by atoms with E-state index in [1.54, 1.807) is 26.1 Å². The van der Waals surface area contributed by atoms with Crippen LogP contribution in [0, 0.1) is 13.8 Å². The second-order valence-corrected chi connectivity index (χ2v) is 5.56. The predicted molar refractivity (Wildman–Crippen MR) is 92.5 cm³/mol. The van der Waals surface area contributed by atoms with Crippen LogP contribution in [0.4, 0.5) is 5.69 Å². The number of carbonyl (C=O) groups excluding carboxylic acids is 1. The predicted octanol–water partition coefficient (Wildman–Crippen LogP) is 1.51. The first-order valence-corrected chi connectivity index (χ1v) is 7.16. The fourth-order valence-corrected chi connectivity index (χ4v) is 2.31. The third-order valence-electron chi connectivity index (χ3n) is 3.54. The lowest BCUT2D eigenvalue weighted by Crippen LogP contribution is -2.30. The second kappa shape index (κ2) is 6.48. The number of nitrogens with zero attached hydrogens (tertiary/aromatic N) is 3. The molecule has 6 heteroatoms. The van der Waals surface area contributed by atoms with Gasteiger partial charge in [0.2, 0.25) is 0 Å². The molecule has 0 aliphatic rings. The van der Waals surface area contributed by atoms with E-state index in [1.807, 2.05) is 43.3 Å². The number of nitrogens with two attached hydrogens (primary N) is 1. The largest absolute Gasteiger partial charge is 0.378 e. The van der Waals surface area contributed by atoms with Crippen molar-refractivity contribution in [1.82, 2.24) is 4.68 Å². The van der Waals surface area contributed by atoms with Crippen LogP contribution in [0.3, 0.4) is 0 Å². The highest BCUT2D eigenvalue weighted by molar-refractivity contribution is 5.93. The summed E-state index contributed by atoms with van der Waals surface area (Å²) in [6, 6.07) is 9.45. The van der Waals surface area contributed by atoms with Crippen molar-refractivity contribution in [3.05, 3.63) is 63.1 Å². The zero-order valence-electron chi connectivity index (χ0n) is 13.7. The maximum absolute atomic E-state index is 12.4. The van der Waals surface area contributed by atoms with Gasteiger partial charge in [0, 0.05) is 25.5 Å². The fraction of sp³-hybridized carbons (Fsp3) is 0.235. The number of aryl methyl sites for hydroxylation is 2. The lowest BCUT2D eigenvalue weighted by atomic mass is 10.1. The molecule has 120 valence electrons. The standard InChI is InChI=1S/C17H20N4O2/c1-11-9-12(2)21(17(23)15(11)16(18)22)19-10-13-5-7-14(8-6-13)20(3)4/h5-10H,1-4H3,(H2,18,22)/b19-10-. The Morgan fingerprint density at radius 3 is 2.35 bits per heavy atom.